The number of carbonyl (C=O) groups excluding carboxylic acids is 1. The molecule has 1 aromatic heterocycles. The number of rotatable bonds is 4. The van der Waals surface area contributed by atoms with E-state index < -0.39 is 0 Å². The Morgan fingerprint density at radius 1 is 1.38 bits per heavy atom. The van der Waals surface area contributed by atoms with E-state index in [4.69, 9.17) is 0 Å². The number of carbonyl (C=O) groups is 1. The van der Waals surface area contributed by atoms with Gasteiger partial charge in [-0.2, -0.15) is 0 Å². The number of pyridine rings is 1. The SMILES string of the molecule is O=C(CCc1ccncc1)C1CNCCN1. The summed E-state index contributed by atoms with van der Waals surface area (Å²) in [4.78, 5) is 15.8. The second-order valence-corrected chi connectivity index (χ2v) is 4.03. The van der Waals surface area contributed by atoms with Crippen molar-refractivity contribution in [2.45, 2.75) is 18.9 Å². The summed E-state index contributed by atoms with van der Waals surface area (Å²) in [6, 6.07) is 3.91. The second kappa shape index (κ2) is 5.72. The van der Waals surface area contributed by atoms with Gasteiger partial charge in [-0.25, -0.2) is 0 Å². The van der Waals surface area contributed by atoms with Crippen LogP contribution in [0.4, 0.5) is 0 Å². The van der Waals surface area contributed by atoms with E-state index in [-0.39, 0.29) is 6.04 Å². The van der Waals surface area contributed by atoms with Crippen molar-refractivity contribution in [1.82, 2.24) is 15.6 Å². The molecule has 0 amide bonds. The lowest BCUT2D eigenvalue weighted by atomic mass is 10.0. The van der Waals surface area contributed by atoms with Crippen molar-refractivity contribution in [3.8, 4) is 0 Å². The van der Waals surface area contributed by atoms with Crippen LogP contribution in [-0.4, -0.2) is 36.4 Å². The third-order valence-electron chi connectivity index (χ3n) is 2.84. The van der Waals surface area contributed by atoms with Crippen LogP contribution in [-0.2, 0) is 11.2 Å². The van der Waals surface area contributed by atoms with Crippen molar-refractivity contribution < 1.29 is 4.79 Å². The molecule has 0 spiro atoms. The van der Waals surface area contributed by atoms with Crippen LogP contribution in [0.25, 0.3) is 0 Å². The minimum atomic E-state index is -0.00409. The number of ketones is 1. The number of nitrogens with one attached hydrogen (secondary N) is 2. The van der Waals surface area contributed by atoms with E-state index in [0.29, 0.717) is 12.2 Å². The maximum absolute atomic E-state index is 11.9. The van der Waals surface area contributed by atoms with Crippen LogP contribution in [0.5, 0.6) is 0 Å². The normalized spacial score (nSPS) is 20.6. The summed E-state index contributed by atoms with van der Waals surface area (Å²) in [5.74, 6) is 0.295. The van der Waals surface area contributed by atoms with Gasteiger partial charge >= 0.3 is 0 Å². The second-order valence-electron chi connectivity index (χ2n) is 4.03. The van der Waals surface area contributed by atoms with Crippen LogP contribution in [0.1, 0.15) is 12.0 Å². The molecule has 1 saturated heterocycles. The van der Waals surface area contributed by atoms with E-state index >= 15 is 0 Å². The predicted octanol–water partition coefficient (Wildman–Crippen LogP) is 0.145. The van der Waals surface area contributed by atoms with E-state index in [1.807, 2.05) is 12.1 Å². The first-order valence-electron chi connectivity index (χ1n) is 5.72. The maximum Gasteiger partial charge on any atom is 0.151 e. The van der Waals surface area contributed by atoms with E-state index in [2.05, 4.69) is 15.6 Å². The molecule has 4 heteroatoms. The Hall–Kier alpha value is -1.26. The quantitative estimate of drug-likeness (QED) is 0.756. The molecular weight excluding hydrogens is 202 g/mol. The van der Waals surface area contributed by atoms with Crippen LogP contribution in [0.3, 0.4) is 0 Å². The Morgan fingerprint density at radius 2 is 2.19 bits per heavy atom. The summed E-state index contributed by atoms with van der Waals surface area (Å²) in [7, 11) is 0. The smallest absolute Gasteiger partial charge is 0.151 e. The van der Waals surface area contributed by atoms with E-state index in [0.717, 1.165) is 26.1 Å². The molecule has 4 nitrogen and oxygen atoms in total. The average Bonchev–Trinajstić information content (AvgIpc) is 2.38. The van der Waals surface area contributed by atoms with Crippen molar-refractivity contribution >= 4 is 5.78 Å². The Kier molecular flexibility index (Phi) is 4.02. The molecule has 2 rings (SSSR count). The number of aromatic nitrogens is 1. The van der Waals surface area contributed by atoms with Crippen molar-refractivity contribution in [2.24, 2.45) is 0 Å². The fourth-order valence-electron chi connectivity index (χ4n) is 1.87. The summed E-state index contributed by atoms with van der Waals surface area (Å²) >= 11 is 0. The zero-order valence-corrected chi connectivity index (χ0v) is 9.28. The van der Waals surface area contributed by atoms with Gasteiger partial charge in [-0.05, 0) is 24.1 Å². The largest absolute Gasteiger partial charge is 0.313 e. The average molecular weight is 219 g/mol. The molecule has 1 aliphatic heterocycles. The monoisotopic (exact) mass is 219 g/mol. The van der Waals surface area contributed by atoms with E-state index in [1.165, 1.54) is 5.56 Å². The van der Waals surface area contributed by atoms with Crippen LogP contribution in [0.2, 0.25) is 0 Å². The number of Topliss-reactive ketones (excluding diaryl/α,β-unsaturated/α-hetero) is 1. The number of nitrogens with zero attached hydrogens (tertiary/aromatic N) is 1. The van der Waals surface area contributed by atoms with Gasteiger partial charge in [-0.3, -0.25) is 9.78 Å². The zero-order valence-electron chi connectivity index (χ0n) is 9.28. The summed E-state index contributed by atoms with van der Waals surface area (Å²) in [6.45, 7) is 2.59. The highest BCUT2D eigenvalue weighted by atomic mass is 16.1. The molecule has 1 aliphatic rings. The molecule has 1 fully saturated rings. The summed E-state index contributed by atoms with van der Waals surface area (Å²) in [6.07, 6.45) is 4.93. The molecule has 16 heavy (non-hydrogen) atoms. The van der Waals surface area contributed by atoms with Crippen LogP contribution in [0, 0.1) is 0 Å². The van der Waals surface area contributed by atoms with Crippen LogP contribution < -0.4 is 10.6 Å². The number of aryl methyl sites for hydroxylation is 1. The van der Waals surface area contributed by atoms with Crippen molar-refractivity contribution in [3.05, 3.63) is 30.1 Å². The Balaban J connectivity index is 1.79. The van der Waals surface area contributed by atoms with Gasteiger partial charge < -0.3 is 10.6 Å². The van der Waals surface area contributed by atoms with Crippen LogP contribution >= 0.6 is 0 Å². The number of piperazine rings is 1. The third kappa shape index (κ3) is 3.12. The van der Waals surface area contributed by atoms with Gasteiger partial charge in [-0.15, -0.1) is 0 Å². The third-order valence-corrected chi connectivity index (χ3v) is 2.84. The minimum Gasteiger partial charge on any atom is -0.313 e. The van der Waals surface area contributed by atoms with E-state index in [1.54, 1.807) is 12.4 Å². The standard InChI is InChI=1S/C12H17N3O/c16-12(11-9-14-7-8-15-11)2-1-10-3-5-13-6-4-10/h3-6,11,14-15H,1-2,7-9H2. The summed E-state index contributed by atoms with van der Waals surface area (Å²) in [5.41, 5.74) is 1.17. The van der Waals surface area contributed by atoms with Gasteiger partial charge in [0.15, 0.2) is 5.78 Å². The molecule has 2 N–H and O–H groups in total. The van der Waals surface area contributed by atoms with Gasteiger partial charge in [-0.1, -0.05) is 0 Å². The predicted molar refractivity (Wildman–Crippen MR) is 62.2 cm³/mol. The molecular formula is C12H17N3O. The summed E-state index contributed by atoms with van der Waals surface area (Å²) < 4.78 is 0. The van der Waals surface area contributed by atoms with E-state index in [9.17, 15) is 4.79 Å². The Labute approximate surface area is 95.5 Å². The van der Waals surface area contributed by atoms with Crippen molar-refractivity contribution in [3.63, 3.8) is 0 Å². The van der Waals surface area contributed by atoms with Crippen molar-refractivity contribution in [2.75, 3.05) is 19.6 Å². The highest BCUT2D eigenvalue weighted by Gasteiger charge is 2.19. The molecule has 0 aromatic carbocycles. The van der Waals surface area contributed by atoms with Gasteiger partial charge in [0.25, 0.3) is 0 Å². The van der Waals surface area contributed by atoms with Gasteiger partial charge in [0.2, 0.25) is 0 Å². The molecule has 0 saturated carbocycles. The zero-order chi connectivity index (χ0) is 11.2. The molecule has 0 bridgehead atoms. The maximum atomic E-state index is 11.9. The van der Waals surface area contributed by atoms with Gasteiger partial charge in [0.1, 0.15) is 0 Å². The lowest BCUT2D eigenvalue weighted by molar-refractivity contribution is -0.121. The molecule has 2 heterocycles. The van der Waals surface area contributed by atoms with Gasteiger partial charge in [0.05, 0.1) is 6.04 Å². The molecule has 86 valence electrons. The molecule has 1 unspecified atom stereocenters. The topological polar surface area (TPSA) is 54.0 Å². The first-order valence-corrected chi connectivity index (χ1v) is 5.72. The fourth-order valence-corrected chi connectivity index (χ4v) is 1.87. The first-order chi connectivity index (χ1) is 7.86. The lowest BCUT2D eigenvalue weighted by Crippen LogP contribution is -2.52. The molecule has 1 atom stereocenters. The Bertz CT molecular complexity index is 333. The lowest BCUT2D eigenvalue weighted by Gasteiger charge is -2.23. The van der Waals surface area contributed by atoms with Crippen molar-refractivity contribution in [1.29, 1.82) is 0 Å². The highest BCUT2D eigenvalue weighted by Crippen LogP contribution is 2.03. The van der Waals surface area contributed by atoms with Gasteiger partial charge in [0, 0.05) is 38.4 Å². The number of hydrogen-bond acceptors (Lipinski definition) is 4. The summed E-state index contributed by atoms with van der Waals surface area (Å²) in [5, 5.41) is 6.45. The first kappa shape index (κ1) is 11.2. The number of hydrogen-bond donors (Lipinski definition) is 2. The molecule has 1 aromatic rings. The highest BCUT2D eigenvalue weighted by molar-refractivity contribution is 5.84. The Morgan fingerprint density at radius 3 is 2.88 bits per heavy atom. The molecule has 0 radical (unpaired) electrons. The fraction of sp³-hybridized carbons (Fsp3) is 0.500. The molecule has 0 aliphatic carbocycles. The van der Waals surface area contributed by atoms with Crippen LogP contribution in [0.15, 0.2) is 24.5 Å². The minimum absolute atomic E-state index is 0.00409.